The summed E-state index contributed by atoms with van der Waals surface area (Å²) in [4.78, 5) is 21.9. The zero-order valence-corrected chi connectivity index (χ0v) is 18.6. The normalized spacial score (nSPS) is 12.1. The van der Waals surface area contributed by atoms with Crippen LogP contribution in [0, 0.1) is 0 Å². The topological polar surface area (TPSA) is 66.4 Å². The average Bonchev–Trinajstić information content (AvgIpc) is 2.62. The van der Waals surface area contributed by atoms with Crippen molar-refractivity contribution in [3.05, 3.63) is 0 Å². The van der Waals surface area contributed by atoms with Crippen molar-refractivity contribution in [3.63, 3.8) is 0 Å². The second kappa shape index (κ2) is 20.0. The van der Waals surface area contributed by atoms with Gasteiger partial charge in [0, 0.05) is 13.3 Å². The number of unbranched alkanes of at least 4 members (excludes halogenated alkanes) is 13. The Labute approximate surface area is 171 Å². The molecule has 1 atom stereocenters. The Hall–Kier alpha value is -0.710. The number of carbonyl (C=O) groups excluding carboxylic acids is 1. The predicted molar refractivity (Wildman–Crippen MR) is 117 cm³/mol. The SMILES string of the molecule is CCCCCCCCCCCCCCCCS[C@@H](CCC(=O)O)NC(C)=O. The Morgan fingerprint density at radius 1 is 0.815 bits per heavy atom. The lowest BCUT2D eigenvalue weighted by Crippen LogP contribution is -2.31. The van der Waals surface area contributed by atoms with Gasteiger partial charge < -0.3 is 10.4 Å². The van der Waals surface area contributed by atoms with Crippen LogP contribution in [0.3, 0.4) is 0 Å². The van der Waals surface area contributed by atoms with Crippen molar-refractivity contribution in [2.45, 2.75) is 122 Å². The van der Waals surface area contributed by atoms with E-state index >= 15 is 0 Å². The van der Waals surface area contributed by atoms with Crippen LogP contribution < -0.4 is 5.32 Å². The van der Waals surface area contributed by atoms with Crippen LogP contribution in [-0.4, -0.2) is 28.1 Å². The van der Waals surface area contributed by atoms with Crippen LogP contribution in [0.25, 0.3) is 0 Å². The maximum Gasteiger partial charge on any atom is 0.303 e. The number of amides is 1. The summed E-state index contributed by atoms with van der Waals surface area (Å²) in [6, 6.07) is 0. The molecular formula is C22H43NO3S. The van der Waals surface area contributed by atoms with E-state index in [-0.39, 0.29) is 17.7 Å². The van der Waals surface area contributed by atoms with Gasteiger partial charge >= 0.3 is 5.97 Å². The van der Waals surface area contributed by atoms with Gasteiger partial charge in [0.2, 0.25) is 5.91 Å². The van der Waals surface area contributed by atoms with Crippen molar-refractivity contribution >= 4 is 23.6 Å². The molecule has 0 aliphatic heterocycles. The number of hydrogen-bond donors (Lipinski definition) is 2. The van der Waals surface area contributed by atoms with Crippen LogP contribution in [-0.2, 0) is 9.59 Å². The molecule has 0 fully saturated rings. The lowest BCUT2D eigenvalue weighted by atomic mass is 10.0. The highest BCUT2D eigenvalue weighted by Gasteiger charge is 2.12. The zero-order valence-electron chi connectivity index (χ0n) is 17.8. The molecule has 0 aliphatic rings. The molecule has 0 saturated heterocycles. The molecule has 0 aromatic heterocycles. The summed E-state index contributed by atoms with van der Waals surface area (Å²) in [7, 11) is 0. The van der Waals surface area contributed by atoms with Gasteiger partial charge in [-0.2, -0.15) is 0 Å². The maximum atomic E-state index is 11.2. The first-order valence-electron chi connectivity index (χ1n) is 11.2. The van der Waals surface area contributed by atoms with E-state index in [9.17, 15) is 9.59 Å². The van der Waals surface area contributed by atoms with E-state index in [1.165, 1.54) is 90.4 Å². The molecule has 27 heavy (non-hydrogen) atoms. The van der Waals surface area contributed by atoms with E-state index in [2.05, 4.69) is 12.2 Å². The van der Waals surface area contributed by atoms with E-state index in [1.54, 1.807) is 11.8 Å². The summed E-state index contributed by atoms with van der Waals surface area (Å²) in [6.07, 6.45) is 19.5. The van der Waals surface area contributed by atoms with E-state index in [0.717, 1.165) is 12.2 Å². The Morgan fingerprint density at radius 2 is 1.26 bits per heavy atom. The van der Waals surface area contributed by atoms with E-state index in [1.807, 2.05) is 0 Å². The Bertz CT molecular complexity index is 363. The Morgan fingerprint density at radius 3 is 1.67 bits per heavy atom. The Kier molecular flexibility index (Phi) is 19.5. The molecule has 160 valence electrons. The minimum atomic E-state index is -0.803. The maximum absolute atomic E-state index is 11.2. The molecule has 0 heterocycles. The zero-order chi connectivity index (χ0) is 20.2. The molecule has 0 bridgehead atoms. The molecule has 0 aromatic carbocycles. The van der Waals surface area contributed by atoms with Crippen molar-refractivity contribution < 1.29 is 14.7 Å². The van der Waals surface area contributed by atoms with Gasteiger partial charge in [0.1, 0.15) is 0 Å². The molecular weight excluding hydrogens is 358 g/mol. The molecule has 0 unspecified atom stereocenters. The number of rotatable bonds is 20. The van der Waals surface area contributed by atoms with Crippen molar-refractivity contribution in [1.82, 2.24) is 5.32 Å². The van der Waals surface area contributed by atoms with E-state index < -0.39 is 5.97 Å². The number of carbonyl (C=O) groups is 2. The third-order valence-electron chi connectivity index (χ3n) is 4.80. The van der Waals surface area contributed by atoms with Gasteiger partial charge in [0.15, 0.2) is 0 Å². The van der Waals surface area contributed by atoms with Crippen LogP contribution in [0.4, 0.5) is 0 Å². The lowest BCUT2D eigenvalue weighted by Gasteiger charge is -2.16. The summed E-state index contributed by atoms with van der Waals surface area (Å²) in [5, 5.41) is 11.6. The second-order valence-electron chi connectivity index (χ2n) is 7.59. The van der Waals surface area contributed by atoms with E-state index in [4.69, 9.17) is 5.11 Å². The summed E-state index contributed by atoms with van der Waals surface area (Å²) in [5.74, 6) is 0.101. The van der Waals surface area contributed by atoms with Gasteiger partial charge in [-0.15, -0.1) is 11.8 Å². The van der Waals surface area contributed by atoms with Crippen molar-refractivity contribution in [2.24, 2.45) is 0 Å². The van der Waals surface area contributed by atoms with Gasteiger partial charge in [0.25, 0.3) is 0 Å². The number of nitrogens with one attached hydrogen (secondary N) is 1. The molecule has 2 N–H and O–H groups in total. The molecule has 4 nitrogen and oxygen atoms in total. The summed E-state index contributed by atoms with van der Waals surface area (Å²) in [5.41, 5.74) is 0. The smallest absolute Gasteiger partial charge is 0.303 e. The second-order valence-corrected chi connectivity index (χ2v) is 8.90. The molecule has 0 aromatic rings. The van der Waals surface area contributed by atoms with Gasteiger partial charge in [-0.1, -0.05) is 90.4 Å². The number of carboxylic acids is 1. The molecule has 0 rings (SSSR count). The molecule has 0 saturated carbocycles. The molecule has 1 amide bonds. The number of aliphatic carboxylic acids is 1. The quantitative estimate of drug-likeness (QED) is 0.180. The number of hydrogen-bond acceptors (Lipinski definition) is 3. The van der Waals surface area contributed by atoms with Crippen LogP contribution in [0.15, 0.2) is 0 Å². The van der Waals surface area contributed by atoms with Crippen LogP contribution in [0.5, 0.6) is 0 Å². The van der Waals surface area contributed by atoms with Gasteiger partial charge in [-0.05, 0) is 18.6 Å². The third-order valence-corrected chi connectivity index (χ3v) is 6.08. The first-order chi connectivity index (χ1) is 13.1. The van der Waals surface area contributed by atoms with Crippen LogP contribution >= 0.6 is 11.8 Å². The fraction of sp³-hybridized carbons (Fsp3) is 0.909. The standard InChI is InChI=1S/C22H43NO3S/c1-3-4-5-6-7-8-9-10-11-12-13-14-15-16-19-27-21(23-20(2)24)17-18-22(25)26/h21H,3-19H2,1-2H3,(H,23,24)(H,25,26)/t21-/m0/s1. The average molecular weight is 402 g/mol. The fourth-order valence-corrected chi connectivity index (χ4v) is 4.39. The fourth-order valence-electron chi connectivity index (χ4n) is 3.20. The molecule has 0 spiro atoms. The largest absolute Gasteiger partial charge is 0.481 e. The first-order valence-corrected chi connectivity index (χ1v) is 12.2. The van der Waals surface area contributed by atoms with Crippen LogP contribution in [0.2, 0.25) is 0 Å². The lowest BCUT2D eigenvalue weighted by molar-refractivity contribution is -0.137. The first kappa shape index (κ1) is 26.3. The number of carboxylic acid groups (broad SMARTS) is 1. The van der Waals surface area contributed by atoms with Crippen molar-refractivity contribution in [2.75, 3.05) is 5.75 Å². The highest BCUT2D eigenvalue weighted by Crippen LogP contribution is 2.18. The molecule has 0 aliphatic carbocycles. The van der Waals surface area contributed by atoms with Crippen molar-refractivity contribution in [1.29, 1.82) is 0 Å². The highest BCUT2D eigenvalue weighted by molar-refractivity contribution is 7.99. The van der Waals surface area contributed by atoms with Gasteiger partial charge in [0.05, 0.1) is 5.37 Å². The third kappa shape index (κ3) is 21.4. The Balaban J connectivity index is 3.39. The van der Waals surface area contributed by atoms with Crippen LogP contribution in [0.1, 0.15) is 117 Å². The summed E-state index contributed by atoms with van der Waals surface area (Å²) >= 11 is 1.68. The van der Waals surface area contributed by atoms with Gasteiger partial charge in [-0.3, -0.25) is 9.59 Å². The number of thioether (sulfide) groups is 1. The predicted octanol–water partition coefficient (Wildman–Crippen LogP) is 6.53. The van der Waals surface area contributed by atoms with Crippen molar-refractivity contribution in [3.8, 4) is 0 Å². The monoisotopic (exact) mass is 401 g/mol. The van der Waals surface area contributed by atoms with E-state index in [0.29, 0.717) is 6.42 Å². The molecule has 5 heteroatoms. The van der Waals surface area contributed by atoms with Gasteiger partial charge in [-0.25, -0.2) is 0 Å². The summed E-state index contributed by atoms with van der Waals surface area (Å²) < 4.78 is 0. The highest BCUT2D eigenvalue weighted by atomic mass is 32.2. The minimum Gasteiger partial charge on any atom is -0.481 e. The summed E-state index contributed by atoms with van der Waals surface area (Å²) in [6.45, 7) is 3.75. The minimum absolute atomic E-state index is 0.0689. The molecule has 0 radical (unpaired) electrons.